The maximum atomic E-state index is 13.6. The summed E-state index contributed by atoms with van der Waals surface area (Å²) in [6, 6.07) is 13.3. The first-order valence-corrected chi connectivity index (χ1v) is 10.3. The maximum absolute atomic E-state index is 13.6. The molecule has 4 rings (SSSR count). The number of hydrogen-bond acceptors (Lipinski definition) is 4. The van der Waals surface area contributed by atoms with Crippen LogP contribution in [0.15, 0.2) is 61.2 Å². The monoisotopic (exact) mass is 421 g/mol. The van der Waals surface area contributed by atoms with Crippen molar-refractivity contribution in [2.45, 2.75) is 43.3 Å². The fourth-order valence-electron chi connectivity index (χ4n) is 4.12. The first-order valence-electron chi connectivity index (χ1n) is 10.3. The zero-order chi connectivity index (χ0) is 22.1. The molecule has 0 spiro atoms. The molecule has 1 saturated carbocycles. The number of aromatic nitrogens is 1. The van der Waals surface area contributed by atoms with Crippen LogP contribution in [0, 0.1) is 5.82 Å². The van der Waals surface area contributed by atoms with Crippen LogP contribution in [0.1, 0.15) is 42.4 Å². The number of benzene rings is 2. The van der Waals surface area contributed by atoms with E-state index in [9.17, 15) is 24.5 Å². The van der Waals surface area contributed by atoms with Crippen molar-refractivity contribution in [2.24, 2.45) is 0 Å². The summed E-state index contributed by atoms with van der Waals surface area (Å²) in [5, 5.41) is 31.7. The predicted octanol–water partition coefficient (Wildman–Crippen LogP) is 4.38. The Balaban J connectivity index is 2.02. The van der Waals surface area contributed by atoms with Crippen molar-refractivity contribution in [3.05, 3.63) is 78.3 Å². The fourth-order valence-corrected chi connectivity index (χ4v) is 4.12. The van der Waals surface area contributed by atoms with Crippen molar-refractivity contribution >= 4 is 16.9 Å². The third-order valence-electron chi connectivity index (χ3n) is 5.77. The number of rotatable bonds is 8. The summed E-state index contributed by atoms with van der Waals surface area (Å²) in [5.74, 6) is -2.79. The molecule has 1 heterocycles. The SMILES string of the molecule is C=CC(O)CC(O)C(C(=O)O)c1c(C2CC2)nc2ccccc2c1-c1ccc(F)cc1. The van der Waals surface area contributed by atoms with Crippen LogP contribution >= 0.6 is 0 Å². The van der Waals surface area contributed by atoms with Crippen molar-refractivity contribution in [1.29, 1.82) is 0 Å². The van der Waals surface area contributed by atoms with Crippen molar-refractivity contribution in [3.63, 3.8) is 0 Å². The Morgan fingerprint density at radius 2 is 1.84 bits per heavy atom. The number of carboxylic acids is 1. The van der Waals surface area contributed by atoms with Gasteiger partial charge in [-0.2, -0.15) is 0 Å². The largest absolute Gasteiger partial charge is 0.481 e. The van der Waals surface area contributed by atoms with Crippen molar-refractivity contribution in [1.82, 2.24) is 4.98 Å². The number of aliphatic carboxylic acids is 1. The van der Waals surface area contributed by atoms with Crippen LogP contribution in [-0.4, -0.2) is 38.5 Å². The number of halogens is 1. The molecule has 31 heavy (non-hydrogen) atoms. The van der Waals surface area contributed by atoms with E-state index >= 15 is 0 Å². The minimum absolute atomic E-state index is 0.109. The van der Waals surface area contributed by atoms with Gasteiger partial charge in [-0.25, -0.2) is 4.39 Å². The van der Waals surface area contributed by atoms with Crippen LogP contribution in [0.4, 0.5) is 4.39 Å². The highest BCUT2D eigenvalue weighted by Gasteiger charge is 2.39. The van der Waals surface area contributed by atoms with Gasteiger partial charge < -0.3 is 15.3 Å². The smallest absolute Gasteiger partial charge is 0.313 e. The molecule has 160 valence electrons. The first-order chi connectivity index (χ1) is 14.9. The molecule has 1 aliphatic carbocycles. The molecule has 3 N–H and O–H groups in total. The molecule has 2 aromatic carbocycles. The van der Waals surface area contributed by atoms with Gasteiger partial charge in [-0.3, -0.25) is 9.78 Å². The molecule has 1 aliphatic rings. The molecule has 0 saturated heterocycles. The second-order valence-electron chi connectivity index (χ2n) is 8.01. The second kappa shape index (κ2) is 8.57. The van der Waals surface area contributed by atoms with Crippen molar-refractivity contribution in [3.8, 4) is 11.1 Å². The normalized spacial score (nSPS) is 16.6. The molecular formula is C25H24FNO4. The minimum Gasteiger partial charge on any atom is -0.481 e. The highest BCUT2D eigenvalue weighted by atomic mass is 19.1. The van der Waals surface area contributed by atoms with E-state index in [1.807, 2.05) is 24.3 Å². The third kappa shape index (κ3) is 4.22. The first kappa shape index (κ1) is 21.2. The van der Waals surface area contributed by atoms with Gasteiger partial charge in [0.1, 0.15) is 11.7 Å². The highest BCUT2D eigenvalue weighted by Crippen LogP contribution is 2.48. The van der Waals surface area contributed by atoms with Crippen LogP contribution in [0.2, 0.25) is 0 Å². The summed E-state index contributed by atoms with van der Waals surface area (Å²) in [5.41, 5.74) is 3.09. The maximum Gasteiger partial charge on any atom is 0.313 e. The van der Waals surface area contributed by atoms with Gasteiger partial charge in [-0.05, 0) is 47.7 Å². The van der Waals surface area contributed by atoms with Crippen LogP contribution in [-0.2, 0) is 4.79 Å². The molecule has 0 bridgehead atoms. The number of aliphatic hydroxyl groups is 2. The summed E-state index contributed by atoms with van der Waals surface area (Å²) in [4.78, 5) is 17.2. The molecule has 1 fully saturated rings. The molecule has 3 aromatic rings. The van der Waals surface area contributed by atoms with E-state index in [0.29, 0.717) is 22.4 Å². The molecule has 3 atom stereocenters. The van der Waals surface area contributed by atoms with Crippen LogP contribution in [0.25, 0.3) is 22.0 Å². The van der Waals surface area contributed by atoms with Gasteiger partial charge in [-0.15, -0.1) is 6.58 Å². The van der Waals surface area contributed by atoms with E-state index < -0.39 is 29.9 Å². The number of fused-ring (bicyclic) bond motifs is 1. The Labute approximate surface area is 179 Å². The molecule has 3 unspecified atom stereocenters. The number of hydrogen-bond donors (Lipinski definition) is 3. The van der Waals surface area contributed by atoms with E-state index in [4.69, 9.17) is 4.98 Å². The lowest BCUT2D eigenvalue weighted by Gasteiger charge is -2.26. The number of aliphatic hydroxyl groups excluding tert-OH is 2. The predicted molar refractivity (Wildman–Crippen MR) is 116 cm³/mol. The van der Waals surface area contributed by atoms with Crippen LogP contribution in [0.3, 0.4) is 0 Å². The number of para-hydroxylation sites is 1. The average molecular weight is 421 g/mol. The van der Waals surface area contributed by atoms with Crippen LogP contribution in [0.5, 0.6) is 0 Å². The number of carbonyl (C=O) groups is 1. The molecular weight excluding hydrogens is 397 g/mol. The summed E-state index contributed by atoms with van der Waals surface area (Å²) in [7, 11) is 0. The standard InChI is InChI=1S/C25H24FNO4/c1-2-17(28)13-20(29)22(25(30)31)23-21(14-9-11-16(26)12-10-14)18-5-3-4-6-19(18)27-24(23)15-7-8-15/h2-6,9-12,15,17,20,22,28-29H,1,7-8,13H2,(H,30,31). The molecule has 0 aliphatic heterocycles. The zero-order valence-corrected chi connectivity index (χ0v) is 16.9. The number of pyridine rings is 1. The molecule has 0 radical (unpaired) electrons. The summed E-state index contributed by atoms with van der Waals surface area (Å²) in [6.07, 6.45) is 0.482. The van der Waals surface area contributed by atoms with E-state index in [2.05, 4.69) is 6.58 Å². The Hall–Kier alpha value is -3.09. The zero-order valence-electron chi connectivity index (χ0n) is 16.9. The molecule has 6 heteroatoms. The van der Waals surface area contributed by atoms with E-state index in [0.717, 1.165) is 23.7 Å². The van der Waals surface area contributed by atoms with Gasteiger partial charge in [0.25, 0.3) is 0 Å². The summed E-state index contributed by atoms with van der Waals surface area (Å²) < 4.78 is 13.6. The molecule has 1 aromatic heterocycles. The molecule has 5 nitrogen and oxygen atoms in total. The summed E-state index contributed by atoms with van der Waals surface area (Å²) >= 11 is 0. The van der Waals surface area contributed by atoms with E-state index in [-0.39, 0.29) is 12.3 Å². The van der Waals surface area contributed by atoms with Gasteiger partial charge in [0.2, 0.25) is 0 Å². The van der Waals surface area contributed by atoms with Gasteiger partial charge in [0.15, 0.2) is 0 Å². The lowest BCUT2D eigenvalue weighted by Crippen LogP contribution is -2.31. The summed E-state index contributed by atoms with van der Waals surface area (Å²) in [6.45, 7) is 3.50. The Morgan fingerprint density at radius 1 is 1.16 bits per heavy atom. The van der Waals surface area contributed by atoms with Gasteiger partial charge in [0.05, 0.1) is 17.7 Å². The number of carboxylic acid groups (broad SMARTS) is 1. The van der Waals surface area contributed by atoms with Gasteiger partial charge in [0, 0.05) is 23.4 Å². The topological polar surface area (TPSA) is 90.7 Å². The van der Waals surface area contributed by atoms with Crippen molar-refractivity contribution in [2.75, 3.05) is 0 Å². The highest BCUT2D eigenvalue weighted by molar-refractivity contribution is 5.99. The van der Waals surface area contributed by atoms with E-state index in [1.54, 1.807) is 12.1 Å². The third-order valence-corrected chi connectivity index (χ3v) is 5.77. The Morgan fingerprint density at radius 3 is 2.45 bits per heavy atom. The lowest BCUT2D eigenvalue weighted by atomic mass is 9.81. The fraction of sp³-hybridized carbons (Fsp3) is 0.280. The minimum atomic E-state index is -1.36. The molecule has 0 amide bonds. The quantitative estimate of drug-likeness (QED) is 0.470. The second-order valence-corrected chi connectivity index (χ2v) is 8.01. The van der Waals surface area contributed by atoms with Gasteiger partial charge in [-0.1, -0.05) is 36.4 Å². The van der Waals surface area contributed by atoms with E-state index in [1.165, 1.54) is 18.2 Å². The van der Waals surface area contributed by atoms with Crippen LogP contribution < -0.4 is 0 Å². The Kier molecular flexibility index (Phi) is 5.85. The Bertz CT molecular complexity index is 1120. The lowest BCUT2D eigenvalue weighted by molar-refractivity contribution is -0.142. The number of nitrogens with zero attached hydrogens (tertiary/aromatic N) is 1. The van der Waals surface area contributed by atoms with Gasteiger partial charge >= 0.3 is 5.97 Å². The average Bonchev–Trinajstić information content (AvgIpc) is 3.59. The van der Waals surface area contributed by atoms with Crippen molar-refractivity contribution < 1.29 is 24.5 Å².